The van der Waals surface area contributed by atoms with Gasteiger partial charge in [-0.2, -0.15) is 18.4 Å². The minimum Gasteiger partial charge on any atom is -0.367 e. The molecule has 196 valence electrons. The van der Waals surface area contributed by atoms with Gasteiger partial charge in [0.15, 0.2) is 0 Å². The molecular weight excluding hydrogens is 479 g/mol. The molecule has 0 spiro atoms. The highest BCUT2D eigenvalue weighted by molar-refractivity contribution is 5.77. The van der Waals surface area contributed by atoms with E-state index in [-0.39, 0.29) is 31.1 Å². The van der Waals surface area contributed by atoms with Crippen molar-refractivity contribution >= 4 is 17.7 Å². The molecule has 1 aromatic heterocycles. The first kappa shape index (κ1) is 26.8. The van der Waals surface area contributed by atoms with E-state index in [9.17, 15) is 23.2 Å². The van der Waals surface area contributed by atoms with Gasteiger partial charge in [-0.3, -0.25) is 9.69 Å². The Balaban J connectivity index is 1.38. The fourth-order valence-corrected chi connectivity index (χ4v) is 5.07. The average molecular weight is 512 g/mol. The second kappa shape index (κ2) is 11.4. The topological polar surface area (TPSA) is 81.9 Å². The number of nitriles is 1. The Hall–Kier alpha value is -3.25. The van der Waals surface area contributed by atoms with Crippen LogP contribution in [0.2, 0.25) is 0 Å². The van der Waals surface area contributed by atoms with Gasteiger partial charge in [0.25, 0.3) is 0 Å². The summed E-state index contributed by atoms with van der Waals surface area (Å²) in [4.78, 5) is 22.6. The molecule has 1 aliphatic carbocycles. The number of fused-ring (bicyclic) bond motifs is 1. The number of aromatic nitrogens is 2. The summed E-state index contributed by atoms with van der Waals surface area (Å²) in [7, 11) is 0. The second-order valence-corrected chi connectivity index (χ2v) is 10.1. The number of nitrogens with zero attached hydrogens (tertiary/aromatic N) is 4. The zero-order valence-corrected chi connectivity index (χ0v) is 21.3. The first-order chi connectivity index (χ1) is 17.6. The number of rotatable bonds is 9. The molecule has 0 bridgehead atoms. The summed E-state index contributed by atoms with van der Waals surface area (Å²) < 4.78 is 38.0. The largest absolute Gasteiger partial charge is 0.389 e. The number of nitrogens with one attached hydrogen (secondary N) is 1. The number of hydrogen-bond acceptors (Lipinski definition) is 6. The molecule has 1 saturated heterocycles. The molecule has 0 amide bonds. The van der Waals surface area contributed by atoms with Crippen LogP contribution in [0.5, 0.6) is 0 Å². The average Bonchev–Trinajstić information content (AvgIpc) is 3.27. The lowest BCUT2D eigenvalue weighted by Gasteiger charge is -2.33. The van der Waals surface area contributed by atoms with Crippen LogP contribution in [0.25, 0.3) is 6.08 Å². The predicted molar refractivity (Wildman–Crippen MR) is 136 cm³/mol. The summed E-state index contributed by atoms with van der Waals surface area (Å²) in [6.07, 6.45) is 1.25. The van der Waals surface area contributed by atoms with Gasteiger partial charge in [0.2, 0.25) is 0 Å². The summed E-state index contributed by atoms with van der Waals surface area (Å²) in [5.74, 6) is 0.861. The SMILES string of the molecule is CC(=O)Cc1ncc(CCCC(F)(F)F)c(NC2CCN(Cc3ccc4c(c3C)C=C(C#N)C4)CC2)n1. The molecule has 37 heavy (non-hydrogen) atoms. The smallest absolute Gasteiger partial charge is 0.367 e. The summed E-state index contributed by atoms with van der Waals surface area (Å²) in [5.41, 5.74) is 6.32. The Labute approximate surface area is 215 Å². The van der Waals surface area contributed by atoms with Crippen LogP contribution in [0.1, 0.15) is 66.2 Å². The Morgan fingerprint density at radius 3 is 2.68 bits per heavy atom. The van der Waals surface area contributed by atoms with Crippen molar-refractivity contribution in [3.8, 4) is 6.07 Å². The van der Waals surface area contributed by atoms with Crippen LogP contribution in [0.3, 0.4) is 0 Å². The highest BCUT2D eigenvalue weighted by Gasteiger charge is 2.27. The second-order valence-electron chi connectivity index (χ2n) is 10.1. The minimum atomic E-state index is -4.19. The number of Topliss-reactive ketones (excluding diaryl/α,β-unsaturated/α-hetero) is 1. The van der Waals surface area contributed by atoms with Gasteiger partial charge in [0.1, 0.15) is 17.4 Å². The Bertz CT molecular complexity index is 1220. The van der Waals surface area contributed by atoms with E-state index >= 15 is 0 Å². The molecule has 0 atom stereocenters. The van der Waals surface area contributed by atoms with Gasteiger partial charge in [-0.15, -0.1) is 0 Å². The first-order valence-electron chi connectivity index (χ1n) is 12.7. The molecule has 6 nitrogen and oxygen atoms in total. The number of likely N-dealkylation sites (tertiary alicyclic amines) is 1. The summed E-state index contributed by atoms with van der Waals surface area (Å²) >= 11 is 0. The molecule has 0 unspecified atom stereocenters. The number of hydrogen-bond donors (Lipinski definition) is 1. The van der Waals surface area contributed by atoms with Gasteiger partial charge in [0, 0.05) is 55.9 Å². The predicted octanol–water partition coefficient (Wildman–Crippen LogP) is 5.34. The highest BCUT2D eigenvalue weighted by atomic mass is 19.4. The maximum absolute atomic E-state index is 12.7. The lowest BCUT2D eigenvalue weighted by molar-refractivity contribution is -0.135. The fourth-order valence-electron chi connectivity index (χ4n) is 5.07. The van der Waals surface area contributed by atoms with Crippen LogP contribution in [0.4, 0.5) is 19.0 Å². The standard InChI is InChI=1S/C28H32F3N5O/c1-18(37)12-26-33-16-22(4-3-9-28(29,30)31)27(35-26)34-24-7-10-36(11-8-24)17-23-6-5-21-13-20(15-32)14-25(21)19(23)2/h5-6,14,16,24H,3-4,7-13,17H2,1-2H3,(H,33,34,35). The molecule has 1 aromatic carbocycles. The minimum absolute atomic E-state index is 0.0305. The van der Waals surface area contributed by atoms with Crippen molar-refractivity contribution in [1.82, 2.24) is 14.9 Å². The molecule has 2 heterocycles. The fraction of sp³-hybridized carbons (Fsp3) is 0.500. The zero-order chi connectivity index (χ0) is 26.6. The third-order valence-corrected chi connectivity index (χ3v) is 7.11. The molecule has 4 rings (SSSR count). The van der Waals surface area contributed by atoms with Gasteiger partial charge < -0.3 is 5.32 Å². The van der Waals surface area contributed by atoms with Crippen molar-refractivity contribution in [3.63, 3.8) is 0 Å². The van der Waals surface area contributed by atoms with E-state index in [0.29, 0.717) is 23.6 Å². The van der Waals surface area contributed by atoms with E-state index < -0.39 is 12.6 Å². The molecule has 1 N–H and O–H groups in total. The first-order valence-corrected chi connectivity index (χ1v) is 12.7. The summed E-state index contributed by atoms with van der Waals surface area (Å²) in [5, 5.41) is 12.7. The normalized spacial score (nSPS) is 16.3. The van der Waals surface area contributed by atoms with Crippen LogP contribution in [0, 0.1) is 18.3 Å². The van der Waals surface area contributed by atoms with E-state index in [1.54, 1.807) is 6.20 Å². The number of ketones is 1. The molecule has 0 radical (unpaired) electrons. The lowest BCUT2D eigenvalue weighted by Crippen LogP contribution is -2.39. The van der Waals surface area contributed by atoms with Crippen LogP contribution in [-0.4, -0.2) is 46.0 Å². The maximum Gasteiger partial charge on any atom is 0.389 e. The van der Waals surface area contributed by atoms with Crippen LogP contribution < -0.4 is 5.32 Å². The van der Waals surface area contributed by atoms with Crippen molar-refractivity contribution in [1.29, 1.82) is 5.26 Å². The molecule has 2 aromatic rings. The Morgan fingerprint density at radius 1 is 1.24 bits per heavy atom. The quantitative estimate of drug-likeness (QED) is 0.489. The van der Waals surface area contributed by atoms with E-state index in [2.05, 4.69) is 45.3 Å². The number of anilines is 1. The Kier molecular flexibility index (Phi) is 8.28. The highest BCUT2D eigenvalue weighted by Crippen LogP contribution is 2.31. The van der Waals surface area contributed by atoms with Crippen molar-refractivity contribution in [3.05, 3.63) is 57.5 Å². The number of alkyl halides is 3. The van der Waals surface area contributed by atoms with Gasteiger partial charge in [-0.1, -0.05) is 12.1 Å². The molecular formula is C28H32F3N5O. The van der Waals surface area contributed by atoms with Crippen molar-refractivity contribution in [2.24, 2.45) is 0 Å². The Morgan fingerprint density at radius 2 is 2.00 bits per heavy atom. The van der Waals surface area contributed by atoms with Crippen molar-refractivity contribution in [2.75, 3.05) is 18.4 Å². The van der Waals surface area contributed by atoms with Crippen LogP contribution in [-0.2, 0) is 30.6 Å². The zero-order valence-electron chi connectivity index (χ0n) is 21.3. The number of aryl methyl sites for hydroxylation is 1. The number of halogens is 3. The van der Waals surface area contributed by atoms with Crippen molar-refractivity contribution in [2.45, 2.75) is 77.6 Å². The molecule has 1 aliphatic heterocycles. The summed E-state index contributed by atoms with van der Waals surface area (Å²) in [6.45, 7) is 6.17. The molecule has 1 fully saturated rings. The van der Waals surface area contributed by atoms with Crippen LogP contribution >= 0.6 is 0 Å². The van der Waals surface area contributed by atoms with Gasteiger partial charge in [-0.25, -0.2) is 9.97 Å². The van der Waals surface area contributed by atoms with E-state index in [1.165, 1.54) is 29.2 Å². The van der Waals surface area contributed by atoms with Gasteiger partial charge >= 0.3 is 6.18 Å². The third kappa shape index (κ3) is 7.16. The third-order valence-electron chi connectivity index (χ3n) is 7.11. The number of benzene rings is 1. The maximum atomic E-state index is 12.7. The van der Waals surface area contributed by atoms with Gasteiger partial charge in [-0.05, 0) is 67.9 Å². The number of carbonyl (C=O) groups is 1. The molecule has 9 heteroatoms. The number of carbonyl (C=O) groups excluding carboxylic acids is 1. The van der Waals surface area contributed by atoms with E-state index in [1.807, 2.05) is 6.08 Å². The van der Waals surface area contributed by atoms with E-state index in [0.717, 1.165) is 38.0 Å². The van der Waals surface area contributed by atoms with Crippen LogP contribution in [0.15, 0.2) is 23.9 Å². The molecule has 2 aliphatic rings. The monoisotopic (exact) mass is 511 g/mol. The number of allylic oxidation sites excluding steroid dienone is 1. The van der Waals surface area contributed by atoms with E-state index in [4.69, 9.17) is 0 Å². The summed E-state index contributed by atoms with van der Waals surface area (Å²) in [6, 6.07) is 6.69. The molecule has 0 saturated carbocycles. The van der Waals surface area contributed by atoms with Gasteiger partial charge in [0.05, 0.1) is 12.5 Å². The lowest BCUT2D eigenvalue weighted by atomic mass is 9.97. The van der Waals surface area contributed by atoms with Crippen molar-refractivity contribution < 1.29 is 18.0 Å². The number of piperidine rings is 1.